The number of ether oxygens (including phenoxy) is 1. The molecule has 3 aromatic rings. The quantitative estimate of drug-likeness (QED) is 0.734. The molecule has 0 spiro atoms. The molecular formula is C15H14N4O2. The van der Waals surface area contributed by atoms with Crippen molar-refractivity contribution in [3.8, 4) is 23.0 Å². The molecule has 6 nitrogen and oxygen atoms in total. The van der Waals surface area contributed by atoms with Crippen molar-refractivity contribution >= 4 is 0 Å². The largest absolute Gasteiger partial charge is 0.439 e. The molecule has 2 heterocycles. The third kappa shape index (κ3) is 3.05. The molecule has 0 atom stereocenters. The van der Waals surface area contributed by atoms with Crippen LogP contribution in [0.25, 0.3) is 11.4 Å². The van der Waals surface area contributed by atoms with E-state index in [2.05, 4.69) is 20.1 Å². The molecule has 21 heavy (non-hydrogen) atoms. The Balaban J connectivity index is 1.81. The van der Waals surface area contributed by atoms with Crippen molar-refractivity contribution in [2.75, 3.05) is 0 Å². The molecule has 106 valence electrons. The second-order valence-corrected chi connectivity index (χ2v) is 4.66. The van der Waals surface area contributed by atoms with Gasteiger partial charge >= 0.3 is 0 Å². The van der Waals surface area contributed by atoms with Crippen molar-refractivity contribution in [3.63, 3.8) is 0 Å². The minimum atomic E-state index is 0.531. The van der Waals surface area contributed by atoms with Crippen LogP contribution in [-0.2, 0) is 0 Å². The maximum absolute atomic E-state index is 5.72. The number of aryl methyl sites for hydroxylation is 3. The summed E-state index contributed by atoms with van der Waals surface area (Å²) in [6.45, 7) is 5.50. The SMILES string of the molecule is Cc1cc(Oc2ccc(-c3noc(C)n3)cc2)nc(C)n1. The van der Waals surface area contributed by atoms with Crippen molar-refractivity contribution < 1.29 is 9.26 Å². The molecule has 0 aliphatic carbocycles. The van der Waals surface area contributed by atoms with Crippen molar-refractivity contribution in [2.45, 2.75) is 20.8 Å². The first-order valence-electron chi connectivity index (χ1n) is 6.51. The Morgan fingerprint density at radius 2 is 1.71 bits per heavy atom. The molecular weight excluding hydrogens is 268 g/mol. The Kier molecular flexibility index (Phi) is 3.35. The molecule has 0 N–H and O–H groups in total. The smallest absolute Gasteiger partial charge is 0.223 e. The highest BCUT2D eigenvalue weighted by Crippen LogP contribution is 2.23. The Morgan fingerprint density at radius 1 is 0.952 bits per heavy atom. The first kappa shape index (κ1) is 13.2. The third-order valence-corrected chi connectivity index (χ3v) is 2.81. The maximum Gasteiger partial charge on any atom is 0.223 e. The molecule has 1 aromatic carbocycles. The second-order valence-electron chi connectivity index (χ2n) is 4.66. The number of nitrogens with zero attached hydrogens (tertiary/aromatic N) is 4. The number of hydrogen-bond donors (Lipinski definition) is 0. The van der Waals surface area contributed by atoms with Crippen LogP contribution in [0.3, 0.4) is 0 Å². The van der Waals surface area contributed by atoms with E-state index < -0.39 is 0 Å². The Bertz CT molecular complexity index is 745. The second kappa shape index (κ2) is 5.32. The number of hydrogen-bond acceptors (Lipinski definition) is 6. The normalized spacial score (nSPS) is 10.6. The van der Waals surface area contributed by atoms with Gasteiger partial charge in [-0.15, -0.1) is 0 Å². The standard InChI is InChI=1S/C15H14N4O2/c1-9-8-14(17-10(2)16-9)20-13-6-4-12(5-7-13)15-18-11(3)21-19-15/h4-8H,1-3H3. The van der Waals surface area contributed by atoms with Crippen LogP contribution in [-0.4, -0.2) is 20.1 Å². The van der Waals surface area contributed by atoms with E-state index >= 15 is 0 Å². The van der Waals surface area contributed by atoms with Crippen LogP contribution >= 0.6 is 0 Å². The third-order valence-electron chi connectivity index (χ3n) is 2.81. The summed E-state index contributed by atoms with van der Waals surface area (Å²) in [7, 11) is 0. The van der Waals surface area contributed by atoms with Crippen LogP contribution in [0.1, 0.15) is 17.4 Å². The lowest BCUT2D eigenvalue weighted by molar-refractivity contribution is 0.394. The molecule has 0 radical (unpaired) electrons. The molecule has 0 saturated heterocycles. The van der Waals surface area contributed by atoms with Gasteiger partial charge < -0.3 is 9.26 Å². The molecule has 0 fully saturated rings. The van der Waals surface area contributed by atoms with E-state index in [1.54, 1.807) is 13.0 Å². The molecule has 0 aliphatic rings. The molecule has 0 amide bonds. The Morgan fingerprint density at radius 3 is 2.33 bits per heavy atom. The van der Waals surface area contributed by atoms with Gasteiger partial charge in [-0.2, -0.15) is 9.97 Å². The monoisotopic (exact) mass is 282 g/mol. The lowest BCUT2D eigenvalue weighted by Crippen LogP contribution is -1.95. The molecule has 0 aliphatic heterocycles. The zero-order valence-electron chi connectivity index (χ0n) is 12.0. The highest BCUT2D eigenvalue weighted by Gasteiger charge is 2.07. The fraction of sp³-hybridized carbons (Fsp3) is 0.200. The van der Waals surface area contributed by atoms with Gasteiger partial charge in [0.05, 0.1) is 0 Å². The molecule has 2 aromatic heterocycles. The predicted molar refractivity (Wildman–Crippen MR) is 76.1 cm³/mol. The predicted octanol–water partition coefficient (Wildman–Crippen LogP) is 3.24. The van der Waals surface area contributed by atoms with E-state index in [0.717, 1.165) is 11.3 Å². The van der Waals surface area contributed by atoms with Gasteiger partial charge in [-0.3, -0.25) is 0 Å². The fourth-order valence-corrected chi connectivity index (χ4v) is 1.94. The van der Waals surface area contributed by atoms with Crippen LogP contribution in [0.15, 0.2) is 34.9 Å². The number of benzene rings is 1. The van der Waals surface area contributed by atoms with Crippen molar-refractivity contribution in [1.29, 1.82) is 0 Å². The van der Waals surface area contributed by atoms with E-state index in [-0.39, 0.29) is 0 Å². The van der Waals surface area contributed by atoms with Crippen LogP contribution < -0.4 is 4.74 Å². The summed E-state index contributed by atoms with van der Waals surface area (Å²) >= 11 is 0. The van der Waals surface area contributed by atoms with E-state index in [0.29, 0.717) is 29.2 Å². The van der Waals surface area contributed by atoms with Crippen molar-refractivity contribution in [1.82, 2.24) is 20.1 Å². The summed E-state index contributed by atoms with van der Waals surface area (Å²) in [6.07, 6.45) is 0. The van der Waals surface area contributed by atoms with Gasteiger partial charge in [0.25, 0.3) is 0 Å². The highest BCUT2D eigenvalue weighted by atomic mass is 16.5. The summed E-state index contributed by atoms with van der Waals surface area (Å²) < 4.78 is 10.7. The first-order valence-corrected chi connectivity index (χ1v) is 6.51. The maximum atomic E-state index is 5.72. The fourth-order valence-electron chi connectivity index (χ4n) is 1.94. The van der Waals surface area contributed by atoms with Gasteiger partial charge in [0.15, 0.2) is 0 Å². The Hall–Kier alpha value is -2.76. The van der Waals surface area contributed by atoms with E-state index in [9.17, 15) is 0 Å². The number of aromatic nitrogens is 4. The summed E-state index contributed by atoms with van der Waals surface area (Å²) in [5, 5.41) is 3.88. The minimum Gasteiger partial charge on any atom is -0.439 e. The van der Waals surface area contributed by atoms with Crippen molar-refractivity contribution in [2.24, 2.45) is 0 Å². The summed E-state index contributed by atoms with van der Waals surface area (Å²) in [6, 6.07) is 9.23. The molecule has 0 unspecified atom stereocenters. The van der Waals surface area contributed by atoms with Crippen LogP contribution in [0.5, 0.6) is 11.6 Å². The lowest BCUT2D eigenvalue weighted by atomic mass is 10.2. The van der Waals surface area contributed by atoms with Crippen molar-refractivity contribution in [3.05, 3.63) is 47.7 Å². The highest BCUT2D eigenvalue weighted by molar-refractivity contribution is 5.55. The minimum absolute atomic E-state index is 0.531. The van der Waals surface area contributed by atoms with Gasteiger partial charge in [-0.25, -0.2) is 4.98 Å². The Labute approximate surface area is 121 Å². The zero-order chi connectivity index (χ0) is 14.8. The summed E-state index contributed by atoms with van der Waals surface area (Å²) in [5.41, 5.74) is 1.74. The molecule has 0 bridgehead atoms. The van der Waals surface area contributed by atoms with Gasteiger partial charge in [0.1, 0.15) is 11.6 Å². The van der Waals surface area contributed by atoms with Gasteiger partial charge in [-0.05, 0) is 38.1 Å². The van der Waals surface area contributed by atoms with Crippen LogP contribution in [0, 0.1) is 20.8 Å². The average molecular weight is 282 g/mol. The molecule has 3 rings (SSSR count). The number of rotatable bonds is 3. The van der Waals surface area contributed by atoms with E-state index in [1.807, 2.05) is 38.1 Å². The van der Waals surface area contributed by atoms with Gasteiger partial charge in [-0.1, -0.05) is 5.16 Å². The molecule has 6 heteroatoms. The van der Waals surface area contributed by atoms with E-state index in [4.69, 9.17) is 9.26 Å². The summed E-state index contributed by atoms with van der Waals surface area (Å²) in [4.78, 5) is 12.6. The van der Waals surface area contributed by atoms with Gasteiger partial charge in [0.2, 0.25) is 17.6 Å². The zero-order valence-corrected chi connectivity index (χ0v) is 12.0. The topological polar surface area (TPSA) is 73.9 Å². The van der Waals surface area contributed by atoms with Gasteiger partial charge in [0, 0.05) is 24.2 Å². The first-order chi connectivity index (χ1) is 10.1. The van der Waals surface area contributed by atoms with Crippen LogP contribution in [0.4, 0.5) is 0 Å². The average Bonchev–Trinajstić information content (AvgIpc) is 2.85. The summed E-state index contributed by atoms with van der Waals surface area (Å²) in [5.74, 6) is 3.01. The lowest BCUT2D eigenvalue weighted by Gasteiger charge is -2.06. The molecule has 0 saturated carbocycles. The van der Waals surface area contributed by atoms with E-state index in [1.165, 1.54) is 0 Å². The van der Waals surface area contributed by atoms with Crippen LogP contribution in [0.2, 0.25) is 0 Å².